The van der Waals surface area contributed by atoms with E-state index in [1.807, 2.05) is 0 Å². The van der Waals surface area contributed by atoms with Gasteiger partial charge in [-0.2, -0.15) is 5.53 Å². The third-order valence-corrected chi connectivity index (χ3v) is 4.12. The van der Waals surface area contributed by atoms with Gasteiger partial charge in [0, 0.05) is 19.1 Å². The average molecular weight is 211 g/mol. The summed E-state index contributed by atoms with van der Waals surface area (Å²) in [5, 5.41) is 2.26. The summed E-state index contributed by atoms with van der Waals surface area (Å²) in [6.07, 6.45) is 8.13. The van der Waals surface area contributed by atoms with Crippen molar-refractivity contribution in [1.82, 2.24) is 16.0 Å². The van der Waals surface area contributed by atoms with E-state index in [0.717, 1.165) is 0 Å². The van der Waals surface area contributed by atoms with Crippen molar-refractivity contribution in [3.8, 4) is 0 Å². The lowest BCUT2D eigenvalue weighted by molar-refractivity contribution is 0.189. The van der Waals surface area contributed by atoms with Gasteiger partial charge in [0.1, 0.15) is 0 Å². The average Bonchev–Trinajstić information content (AvgIpc) is 2.53. The zero-order valence-electron chi connectivity index (χ0n) is 10.3. The molecular formula is C12H25N3. The predicted octanol–water partition coefficient (Wildman–Crippen LogP) is 2.06. The minimum absolute atomic E-state index is 0.540. The highest BCUT2D eigenvalue weighted by Crippen LogP contribution is 2.33. The van der Waals surface area contributed by atoms with E-state index in [-0.39, 0.29) is 0 Å². The molecule has 1 aliphatic carbocycles. The van der Waals surface area contributed by atoms with Crippen LogP contribution in [0, 0.1) is 5.41 Å². The van der Waals surface area contributed by atoms with Crippen LogP contribution in [-0.4, -0.2) is 24.1 Å². The van der Waals surface area contributed by atoms with Gasteiger partial charge in [-0.15, -0.1) is 0 Å². The Morgan fingerprint density at radius 2 is 1.93 bits per heavy atom. The fourth-order valence-electron chi connectivity index (χ4n) is 2.92. The van der Waals surface area contributed by atoms with Crippen LogP contribution in [0.15, 0.2) is 0 Å². The first kappa shape index (κ1) is 11.4. The lowest BCUT2D eigenvalue weighted by atomic mass is 9.82. The molecular weight excluding hydrogens is 186 g/mol. The molecule has 0 radical (unpaired) electrons. The van der Waals surface area contributed by atoms with Gasteiger partial charge < -0.3 is 0 Å². The molecule has 2 N–H and O–H groups in total. The fraction of sp³-hybridized carbons (Fsp3) is 1.00. The third kappa shape index (κ3) is 2.71. The molecule has 2 aliphatic rings. The normalized spacial score (nSPS) is 37.8. The molecule has 88 valence electrons. The number of nitrogens with zero attached hydrogens (tertiary/aromatic N) is 1. The highest BCUT2D eigenvalue weighted by atomic mass is 15.7. The summed E-state index contributed by atoms with van der Waals surface area (Å²) < 4.78 is 0. The predicted molar refractivity (Wildman–Crippen MR) is 63.1 cm³/mol. The van der Waals surface area contributed by atoms with Gasteiger partial charge in [0.25, 0.3) is 0 Å². The first-order valence-electron chi connectivity index (χ1n) is 6.32. The molecule has 1 saturated carbocycles. The monoisotopic (exact) mass is 211 g/mol. The van der Waals surface area contributed by atoms with Gasteiger partial charge in [-0.25, -0.2) is 10.4 Å². The second-order valence-electron chi connectivity index (χ2n) is 5.99. The molecule has 0 bridgehead atoms. The molecule has 3 heteroatoms. The number of hydrogen-bond acceptors (Lipinski definition) is 3. The standard InChI is InChI=1S/C12H25N3/c1-12(2)8-5-4-6-10-11(7-9-12)15(3)14-13-10/h10-11,13-14H,4-9H2,1-3H3. The van der Waals surface area contributed by atoms with Crippen LogP contribution < -0.4 is 11.0 Å². The molecule has 2 rings (SSSR count). The van der Waals surface area contributed by atoms with Crippen molar-refractivity contribution in [2.45, 2.75) is 64.5 Å². The molecule has 2 atom stereocenters. The number of fused-ring (bicyclic) bond motifs is 1. The summed E-state index contributed by atoms with van der Waals surface area (Å²) in [7, 11) is 2.16. The zero-order valence-corrected chi connectivity index (χ0v) is 10.3. The molecule has 1 heterocycles. The summed E-state index contributed by atoms with van der Waals surface area (Å²) in [6.45, 7) is 4.84. The van der Waals surface area contributed by atoms with E-state index in [1.165, 1.54) is 38.5 Å². The molecule has 0 spiro atoms. The summed E-state index contributed by atoms with van der Waals surface area (Å²) in [5.41, 5.74) is 7.20. The molecule has 3 nitrogen and oxygen atoms in total. The van der Waals surface area contributed by atoms with Gasteiger partial charge in [-0.1, -0.05) is 26.7 Å². The van der Waals surface area contributed by atoms with Gasteiger partial charge in [-0.05, 0) is 31.1 Å². The third-order valence-electron chi connectivity index (χ3n) is 4.12. The summed E-state index contributed by atoms with van der Waals surface area (Å²) in [4.78, 5) is 0. The van der Waals surface area contributed by atoms with E-state index in [2.05, 4.69) is 36.9 Å². The van der Waals surface area contributed by atoms with E-state index < -0.39 is 0 Å². The molecule has 2 fully saturated rings. The van der Waals surface area contributed by atoms with Crippen LogP contribution in [0.2, 0.25) is 0 Å². The highest BCUT2D eigenvalue weighted by Gasteiger charge is 2.33. The Morgan fingerprint density at radius 1 is 1.13 bits per heavy atom. The lowest BCUT2D eigenvalue weighted by Gasteiger charge is -2.27. The number of likely N-dealkylation sites (N-methyl/N-ethyl adjacent to an activating group) is 1. The maximum absolute atomic E-state index is 3.41. The molecule has 2 unspecified atom stereocenters. The van der Waals surface area contributed by atoms with E-state index in [4.69, 9.17) is 0 Å². The number of hydrogen-bond donors (Lipinski definition) is 2. The van der Waals surface area contributed by atoms with Gasteiger partial charge >= 0.3 is 0 Å². The van der Waals surface area contributed by atoms with Crippen molar-refractivity contribution < 1.29 is 0 Å². The van der Waals surface area contributed by atoms with Gasteiger partial charge in [0.05, 0.1) is 0 Å². The Balaban J connectivity index is 2.01. The fourth-order valence-corrected chi connectivity index (χ4v) is 2.92. The van der Waals surface area contributed by atoms with E-state index in [1.54, 1.807) is 0 Å². The summed E-state index contributed by atoms with van der Waals surface area (Å²) >= 11 is 0. The van der Waals surface area contributed by atoms with E-state index in [0.29, 0.717) is 17.5 Å². The second-order valence-corrected chi connectivity index (χ2v) is 5.99. The molecule has 15 heavy (non-hydrogen) atoms. The maximum atomic E-state index is 3.41. The molecule has 0 amide bonds. The van der Waals surface area contributed by atoms with Crippen molar-refractivity contribution in [3.05, 3.63) is 0 Å². The van der Waals surface area contributed by atoms with Crippen molar-refractivity contribution in [2.24, 2.45) is 5.41 Å². The Bertz CT molecular complexity index is 215. The van der Waals surface area contributed by atoms with Crippen LogP contribution in [0.5, 0.6) is 0 Å². The van der Waals surface area contributed by atoms with Crippen molar-refractivity contribution in [2.75, 3.05) is 7.05 Å². The number of nitrogens with one attached hydrogen (secondary N) is 2. The Labute approximate surface area is 93.5 Å². The van der Waals surface area contributed by atoms with E-state index in [9.17, 15) is 0 Å². The van der Waals surface area contributed by atoms with Crippen molar-refractivity contribution >= 4 is 0 Å². The molecule has 1 saturated heterocycles. The van der Waals surface area contributed by atoms with Crippen molar-refractivity contribution in [3.63, 3.8) is 0 Å². The van der Waals surface area contributed by atoms with Gasteiger partial charge in [-0.3, -0.25) is 0 Å². The van der Waals surface area contributed by atoms with Crippen LogP contribution in [0.4, 0.5) is 0 Å². The van der Waals surface area contributed by atoms with Crippen LogP contribution in [0.1, 0.15) is 52.4 Å². The minimum Gasteiger partial charge on any atom is -0.239 e. The second kappa shape index (κ2) is 4.40. The summed E-state index contributed by atoms with van der Waals surface area (Å²) in [6, 6.07) is 1.34. The molecule has 0 aromatic rings. The molecule has 1 aliphatic heterocycles. The number of rotatable bonds is 0. The number of hydrazine groups is 2. The maximum Gasteiger partial charge on any atom is 0.0421 e. The highest BCUT2D eigenvalue weighted by molar-refractivity contribution is 4.88. The largest absolute Gasteiger partial charge is 0.239 e. The first-order chi connectivity index (χ1) is 7.08. The van der Waals surface area contributed by atoms with E-state index >= 15 is 0 Å². The summed E-state index contributed by atoms with van der Waals surface area (Å²) in [5.74, 6) is 0. The van der Waals surface area contributed by atoms with Crippen LogP contribution >= 0.6 is 0 Å². The minimum atomic E-state index is 0.540. The van der Waals surface area contributed by atoms with Crippen molar-refractivity contribution in [1.29, 1.82) is 0 Å². The quantitative estimate of drug-likeness (QED) is 0.642. The Hall–Kier alpha value is -0.120. The molecule has 0 aromatic heterocycles. The Morgan fingerprint density at radius 3 is 2.73 bits per heavy atom. The van der Waals surface area contributed by atoms with Crippen LogP contribution in [0.25, 0.3) is 0 Å². The van der Waals surface area contributed by atoms with Gasteiger partial charge in [0.2, 0.25) is 0 Å². The smallest absolute Gasteiger partial charge is 0.0421 e. The molecule has 0 aromatic carbocycles. The van der Waals surface area contributed by atoms with Crippen LogP contribution in [-0.2, 0) is 0 Å². The Kier molecular flexibility index (Phi) is 3.33. The zero-order chi connectivity index (χ0) is 10.9. The van der Waals surface area contributed by atoms with Gasteiger partial charge in [0.15, 0.2) is 0 Å². The SMILES string of the molecule is CN1NNC2CCCCC(C)(C)CCC21. The topological polar surface area (TPSA) is 27.3 Å². The lowest BCUT2D eigenvalue weighted by Crippen LogP contribution is -2.36. The first-order valence-corrected chi connectivity index (χ1v) is 6.32. The van der Waals surface area contributed by atoms with Crippen LogP contribution in [0.3, 0.4) is 0 Å².